The minimum absolute atomic E-state index is 0.247. The zero-order chi connectivity index (χ0) is 7.61. The highest BCUT2D eigenvalue weighted by atomic mass is 14.3. The predicted octanol–water partition coefficient (Wildman–Crippen LogP) is 3.31. The third-order valence-corrected chi connectivity index (χ3v) is 2.38. The summed E-state index contributed by atoms with van der Waals surface area (Å²) in [4.78, 5) is 0. The van der Waals surface area contributed by atoms with Crippen LogP contribution in [-0.2, 0) is 0 Å². The van der Waals surface area contributed by atoms with Crippen molar-refractivity contribution >= 4 is 0 Å². The average Bonchev–Trinajstić information content (AvgIpc) is 2.38. The molecule has 0 aliphatic heterocycles. The van der Waals surface area contributed by atoms with Gasteiger partial charge in [0.2, 0.25) is 0 Å². The van der Waals surface area contributed by atoms with Crippen molar-refractivity contribution in [3.8, 4) is 0 Å². The molecule has 1 aliphatic carbocycles. The lowest BCUT2D eigenvalue weighted by Crippen LogP contribution is -2.08. The van der Waals surface area contributed by atoms with Gasteiger partial charge < -0.3 is 0 Å². The van der Waals surface area contributed by atoms with Crippen molar-refractivity contribution in [3.63, 3.8) is 0 Å². The highest BCUT2D eigenvalue weighted by molar-refractivity contribution is 5.21. The van der Waals surface area contributed by atoms with Gasteiger partial charge in [-0.15, -0.1) is 6.58 Å². The molecule has 0 radical (unpaired) electrons. The molecule has 0 aromatic carbocycles. The van der Waals surface area contributed by atoms with Crippen LogP contribution in [0.4, 0.5) is 0 Å². The molecule has 0 unspecified atom stereocenters. The molecular formula is C10H16. The molecule has 0 amide bonds. The van der Waals surface area contributed by atoms with Gasteiger partial charge in [0.25, 0.3) is 0 Å². The maximum atomic E-state index is 3.84. The number of hydrogen-bond acceptors (Lipinski definition) is 0. The summed E-state index contributed by atoms with van der Waals surface area (Å²) in [6, 6.07) is 0. The van der Waals surface area contributed by atoms with Crippen LogP contribution < -0.4 is 0 Å². The molecule has 0 bridgehead atoms. The van der Waals surface area contributed by atoms with E-state index in [0.717, 1.165) is 0 Å². The largest absolute Gasteiger partial charge is 0.102 e. The molecule has 0 aromatic rings. The molecule has 1 aliphatic rings. The first-order valence-corrected chi connectivity index (χ1v) is 4.00. The van der Waals surface area contributed by atoms with Crippen molar-refractivity contribution in [1.82, 2.24) is 0 Å². The highest BCUT2D eigenvalue weighted by Gasteiger charge is 2.20. The van der Waals surface area contributed by atoms with Crippen LogP contribution in [0.2, 0.25) is 0 Å². The highest BCUT2D eigenvalue weighted by Crippen LogP contribution is 2.35. The first kappa shape index (κ1) is 7.59. The Morgan fingerprint density at radius 2 is 2.30 bits per heavy atom. The van der Waals surface area contributed by atoms with E-state index in [0.29, 0.717) is 0 Å². The molecule has 0 heterocycles. The average molecular weight is 136 g/mol. The lowest BCUT2D eigenvalue weighted by Gasteiger charge is -2.21. The first-order valence-electron chi connectivity index (χ1n) is 4.00. The summed E-state index contributed by atoms with van der Waals surface area (Å²) in [5.74, 6) is 0. The maximum Gasteiger partial charge on any atom is 0.00315 e. The quantitative estimate of drug-likeness (QED) is 0.511. The molecular weight excluding hydrogens is 120 g/mol. The van der Waals surface area contributed by atoms with Crippen LogP contribution in [0.25, 0.3) is 0 Å². The molecule has 0 nitrogen and oxygen atoms in total. The summed E-state index contributed by atoms with van der Waals surface area (Å²) >= 11 is 0. The van der Waals surface area contributed by atoms with Crippen molar-refractivity contribution < 1.29 is 0 Å². The second-order valence-electron chi connectivity index (χ2n) is 3.55. The Hall–Kier alpha value is -0.520. The molecule has 10 heavy (non-hydrogen) atoms. The van der Waals surface area contributed by atoms with E-state index >= 15 is 0 Å². The Kier molecular flexibility index (Phi) is 1.98. The van der Waals surface area contributed by atoms with E-state index in [1.54, 1.807) is 5.57 Å². The number of rotatable bonds is 2. The molecule has 0 heteroatoms. The number of hydrogen-bond donors (Lipinski definition) is 0. The zero-order valence-electron chi connectivity index (χ0n) is 6.98. The standard InChI is InChI=1S/C10H16/c1-4-10(2,3)9-7-5-6-8-9/h4,7H,1,5-6,8H2,2-3H3. The van der Waals surface area contributed by atoms with Crippen molar-refractivity contribution in [2.45, 2.75) is 33.1 Å². The molecule has 0 spiro atoms. The third kappa shape index (κ3) is 1.31. The fourth-order valence-corrected chi connectivity index (χ4v) is 1.39. The van der Waals surface area contributed by atoms with Crippen LogP contribution in [0.15, 0.2) is 24.3 Å². The normalized spacial score (nSPS) is 18.8. The van der Waals surface area contributed by atoms with Gasteiger partial charge in [-0.05, 0) is 19.3 Å². The Bertz CT molecular complexity index is 161. The van der Waals surface area contributed by atoms with Gasteiger partial charge in [-0.3, -0.25) is 0 Å². The van der Waals surface area contributed by atoms with E-state index in [1.807, 2.05) is 6.08 Å². The van der Waals surface area contributed by atoms with Crippen LogP contribution in [0.1, 0.15) is 33.1 Å². The lowest BCUT2D eigenvalue weighted by atomic mass is 9.84. The summed E-state index contributed by atoms with van der Waals surface area (Å²) in [6.45, 7) is 8.30. The van der Waals surface area contributed by atoms with Gasteiger partial charge >= 0.3 is 0 Å². The van der Waals surface area contributed by atoms with Gasteiger partial charge in [0.15, 0.2) is 0 Å². The van der Waals surface area contributed by atoms with Gasteiger partial charge in [-0.1, -0.05) is 31.6 Å². The van der Waals surface area contributed by atoms with Crippen LogP contribution >= 0.6 is 0 Å². The summed E-state index contributed by atoms with van der Waals surface area (Å²) in [5, 5.41) is 0. The SMILES string of the molecule is C=CC(C)(C)C1=CCCC1. The molecule has 0 saturated heterocycles. The maximum absolute atomic E-state index is 3.84. The molecule has 0 atom stereocenters. The Morgan fingerprint density at radius 3 is 2.70 bits per heavy atom. The van der Waals surface area contributed by atoms with E-state index in [1.165, 1.54) is 19.3 Å². The topological polar surface area (TPSA) is 0 Å². The van der Waals surface area contributed by atoms with Crippen LogP contribution in [-0.4, -0.2) is 0 Å². The molecule has 1 rings (SSSR count). The molecule has 0 N–H and O–H groups in total. The van der Waals surface area contributed by atoms with E-state index < -0.39 is 0 Å². The van der Waals surface area contributed by atoms with Crippen LogP contribution in [0.3, 0.4) is 0 Å². The molecule has 0 saturated carbocycles. The Morgan fingerprint density at radius 1 is 1.60 bits per heavy atom. The van der Waals surface area contributed by atoms with Crippen molar-refractivity contribution in [3.05, 3.63) is 24.3 Å². The van der Waals surface area contributed by atoms with Crippen LogP contribution in [0.5, 0.6) is 0 Å². The minimum atomic E-state index is 0.247. The van der Waals surface area contributed by atoms with E-state index in [4.69, 9.17) is 0 Å². The zero-order valence-corrected chi connectivity index (χ0v) is 6.98. The number of allylic oxidation sites excluding steroid dienone is 3. The van der Waals surface area contributed by atoms with Crippen molar-refractivity contribution in [2.24, 2.45) is 5.41 Å². The first-order chi connectivity index (χ1) is 4.67. The Labute approximate surface area is 63.6 Å². The summed E-state index contributed by atoms with van der Waals surface area (Å²) in [5.41, 5.74) is 1.82. The minimum Gasteiger partial charge on any atom is -0.102 e. The van der Waals surface area contributed by atoms with E-state index in [9.17, 15) is 0 Å². The van der Waals surface area contributed by atoms with Crippen molar-refractivity contribution in [2.75, 3.05) is 0 Å². The van der Waals surface area contributed by atoms with Gasteiger partial charge in [-0.25, -0.2) is 0 Å². The van der Waals surface area contributed by atoms with Gasteiger partial charge in [0.1, 0.15) is 0 Å². The fraction of sp³-hybridized carbons (Fsp3) is 0.600. The molecule has 0 aromatic heterocycles. The second-order valence-corrected chi connectivity index (χ2v) is 3.55. The third-order valence-electron chi connectivity index (χ3n) is 2.38. The smallest absolute Gasteiger partial charge is 0.00315 e. The predicted molar refractivity (Wildman–Crippen MR) is 45.9 cm³/mol. The molecule has 0 fully saturated rings. The summed E-state index contributed by atoms with van der Waals surface area (Å²) < 4.78 is 0. The summed E-state index contributed by atoms with van der Waals surface area (Å²) in [7, 11) is 0. The van der Waals surface area contributed by atoms with Gasteiger partial charge in [0, 0.05) is 5.41 Å². The monoisotopic (exact) mass is 136 g/mol. The molecule has 56 valence electrons. The van der Waals surface area contributed by atoms with Gasteiger partial charge in [-0.2, -0.15) is 0 Å². The van der Waals surface area contributed by atoms with Gasteiger partial charge in [0.05, 0.1) is 0 Å². The Balaban J connectivity index is 2.71. The summed E-state index contributed by atoms with van der Waals surface area (Å²) in [6.07, 6.45) is 8.30. The van der Waals surface area contributed by atoms with Crippen molar-refractivity contribution in [1.29, 1.82) is 0 Å². The fourth-order valence-electron chi connectivity index (χ4n) is 1.39. The lowest BCUT2D eigenvalue weighted by molar-refractivity contribution is 0.562. The van der Waals surface area contributed by atoms with Crippen LogP contribution in [0, 0.1) is 5.41 Å². The van der Waals surface area contributed by atoms with E-state index in [2.05, 4.69) is 26.5 Å². The van der Waals surface area contributed by atoms with E-state index in [-0.39, 0.29) is 5.41 Å². The second kappa shape index (κ2) is 2.61.